The summed E-state index contributed by atoms with van der Waals surface area (Å²) in [5.74, 6) is 0. The molecule has 0 N–H and O–H groups in total. The van der Waals surface area contributed by atoms with Crippen LogP contribution in [0.3, 0.4) is 0 Å². The van der Waals surface area contributed by atoms with Crippen LogP contribution in [0.4, 0.5) is 0 Å². The fourth-order valence-electron chi connectivity index (χ4n) is 3.34. The molecule has 7 heteroatoms. The molecule has 5 nitrogen and oxygen atoms in total. The van der Waals surface area contributed by atoms with Gasteiger partial charge in [0.2, 0.25) is 0 Å². The number of piperazine rings is 1. The van der Waals surface area contributed by atoms with Crippen molar-refractivity contribution in [2.45, 2.75) is 17.7 Å². The third kappa shape index (κ3) is 3.40. The second-order valence-electron chi connectivity index (χ2n) is 6.54. The smallest absolute Gasteiger partial charge is 0.252 e. The number of hydrogen-bond acceptors (Lipinski definition) is 5. The highest BCUT2D eigenvalue weighted by Gasteiger charge is 2.29. The van der Waals surface area contributed by atoms with Crippen molar-refractivity contribution < 1.29 is 8.42 Å². The first-order valence-electron chi connectivity index (χ1n) is 8.65. The molecule has 1 aliphatic heterocycles. The minimum Gasteiger partial charge on any atom is -0.296 e. The van der Waals surface area contributed by atoms with Crippen molar-refractivity contribution in [3.63, 3.8) is 0 Å². The Bertz CT molecular complexity index is 1020. The van der Waals surface area contributed by atoms with Crippen LogP contribution in [-0.2, 0) is 16.6 Å². The van der Waals surface area contributed by atoms with Gasteiger partial charge < -0.3 is 0 Å². The summed E-state index contributed by atoms with van der Waals surface area (Å²) in [5.41, 5.74) is 2.22. The fourth-order valence-corrected chi connectivity index (χ4v) is 6.20. The second kappa shape index (κ2) is 7.08. The molecule has 3 aromatic rings. The zero-order valence-electron chi connectivity index (χ0n) is 14.6. The van der Waals surface area contributed by atoms with E-state index in [0.29, 0.717) is 17.3 Å². The standard InChI is InChI=1S/C19H21N3O2S2/c1-15-7-8-18(25-15)26(23,24)22-12-10-21(11-13-22)14-17-5-2-4-16-6-3-9-20-19(16)17/h2-9H,10-14H2,1H3. The lowest BCUT2D eigenvalue weighted by atomic mass is 10.1. The van der Waals surface area contributed by atoms with Crippen LogP contribution in [0.25, 0.3) is 10.9 Å². The molecule has 0 amide bonds. The quantitative estimate of drug-likeness (QED) is 0.690. The molecule has 1 aromatic carbocycles. The van der Waals surface area contributed by atoms with Crippen LogP contribution in [0, 0.1) is 6.92 Å². The zero-order chi connectivity index (χ0) is 18.1. The third-order valence-electron chi connectivity index (χ3n) is 4.75. The Balaban J connectivity index is 1.45. The van der Waals surface area contributed by atoms with E-state index in [2.05, 4.69) is 34.1 Å². The predicted molar refractivity (Wildman–Crippen MR) is 105 cm³/mol. The molecule has 0 aliphatic carbocycles. The Labute approximate surface area is 157 Å². The number of nitrogens with zero attached hydrogens (tertiary/aromatic N) is 3. The molecule has 0 spiro atoms. The molecule has 4 rings (SSSR count). The SMILES string of the molecule is Cc1ccc(S(=O)(=O)N2CCN(Cc3cccc4cccnc34)CC2)s1. The zero-order valence-corrected chi connectivity index (χ0v) is 16.3. The lowest BCUT2D eigenvalue weighted by Gasteiger charge is -2.33. The van der Waals surface area contributed by atoms with Gasteiger partial charge in [-0.3, -0.25) is 9.88 Å². The van der Waals surface area contributed by atoms with Crippen LogP contribution in [0.2, 0.25) is 0 Å². The fraction of sp³-hybridized carbons (Fsp3) is 0.316. The van der Waals surface area contributed by atoms with Gasteiger partial charge in [0.05, 0.1) is 5.52 Å². The van der Waals surface area contributed by atoms with E-state index in [0.717, 1.165) is 35.4 Å². The van der Waals surface area contributed by atoms with Gasteiger partial charge in [0.1, 0.15) is 4.21 Å². The number of pyridine rings is 1. The van der Waals surface area contributed by atoms with Gasteiger partial charge in [0.15, 0.2) is 0 Å². The van der Waals surface area contributed by atoms with E-state index < -0.39 is 10.0 Å². The molecule has 0 unspecified atom stereocenters. The lowest BCUT2D eigenvalue weighted by molar-refractivity contribution is 0.182. The van der Waals surface area contributed by atoms with Crippen molar-refractivity contribution in [2.24, 2.45) is 0 Å². The van der Waals surface area contributed by atoms with Gasteiger partial charge in [-0.15, -0.1) is 11.3 Å². The van der Waals surface area contributed by atoms with Crippen molar-refractivity contribution in [3.05, 3.63) is 59.1 Å². The molecule has 0 saturated carbocycles. The largest absolute Gasteiger partial charge is 0.296 e. The lowest BCUT2D eigenvalue weighted by Crippen LogP contribution is -2.48. The number of hydrogen-bond donors (Lipinski definition) is 0. The van der Waals surface area contributed by atoms with Gasteiger partial charge in [0.25, 0.3) is 10.0 Å². The van der Waals surface area contributed by atoms with Crippen LogP contribution in [0.15, 0.2) is 52.9 Å². The maximum atomic E-state index is 12.7. The van der Waals surface area contributed by atoms with E-state index in [9.17, 15) is 8.42 Å². The van der Waals surface area contributed by atoms with E-state index in [1.165, 1.54) is 16.9 Å². The monoisotopic (exact) mass is 387 g/mol. The number of rotatable bonds is 4. The molecule has 0 radical (unpaired) electrons. The van der Waals surface area contributed by atoms with Crippen molar-refractivity contribution in [3.8, 4) is 0 Å². The van der Waals surface area contributed by atoms with E-state index in [4.69, 9.17) is 0 Å². The summed E-state index contributed by atoms with van der Waals surface area (Å²) in [6.07, 6.45) is 1.82. The predicted octanol–water partition coefficient (Wildman–Crippen LogP) is 3.11. The average molecular weight is 388 g/mol. The number of aryl methyl sites for hydroxylation is 1. The highest BCUT2D eigenvalue weighted by molar-refractivity contribution is 7.91. The molecule has 0 atom stereocenters. The van der Waals surface area contributed by atoms with Gasteiger partial charge in [-0.1, -0.05) is 24.3 Å². The Kier molecular flexibility index (Phi) is 4.79. The Morgan fingerprint density at radius 3 is 2.54 bits per heavy atom. The molecule has 1 aliphatic rings. The van der Waals surface area contributed by atoms with Crippen molar-refractivity contribution in [2.75, 3.05) is 26.2 Å². The second-order valence-corrected chi connectivity index (χ2v) is 9.99. The topological polar surface area (TPSA) is 53.5 Å². The number of aromatic nitrogens is 1. The minimum atomic E-state index is -3.36. The van der Waals surface area contributed by atoms with Crippen molar-refractivity contribution >= 4 is 32.3 Å². The normalized spacial score (nSPS) is 17.0. The molecule has 26 heavy (non-hydrogen) atoms. The number of thiophene rings is 1. The average Bonchev–Trinajstić information content (AvgIpc) is 3.10. The molecular formula is C19H21N3O2S2. The van der Waals surface area contributed by atoms with Crippen LogP contribution in [0.1, 0.15) is 10.4 Å². The summed E-state index contributed by atoms with van der Waals surface area (Å²) < 4.78 is 27.5. The van der Waals surface area contributed by atoms with Crippen LogP contribution in [0.5, 0.6) is 0 Å². The van der Waals surface area contributed by atoms with Gasteiger partial charge in [-0.25, -0.2) is 8.42 Å². The summed E-state index contributed by atoms with van der Waals surface area (Å²) in [6.45, 7) is 5.23. The Hall–Kier alpha value is -1.80. The molecule has 136 valence electrons. The Morgan fingerprint density at radius 2 is 1.81 bits per heavy atom. The summed E-state index contributed by atoms with van der Waals surface area (Å²) in [5, 5.41) is 1.14. The van der Waals surface area contributed by atoms with Crippen LogP contribution >= 0.6 is 11.3 Å². The first-order chi connectivity index (χ1) is 12.5. The molecular weight excluding hydrogens is 366 g/mol. The summed E-state index contributed by atoms with van der Waals surface area (Å²) in [7, 11) is -3.36. The molecule has 2 aromatic heterocycles. The maximum Gasteiger partial charge on any atom is 0.252 e. The summed E-state index contributed by atoms with van der Waals surface area (Å²) in [6, 6.07) is 13.8. The highest BCUT2D eigenvalue weighted by atomic mass is 32.2. The van der Waals surface area contributed by atoms with E-state index in [1.807, 2.05) is 25.3 Å². The molecule has 3 heterocycles. The van der Waals surface area contributed by atoms with E-state index in [1.54, 1.807) is 10.4 Å². The molecule has 1 fully saturated rings. The molecule has 1 saturated heterocycles. The van der Waals surface area contributed by atoms with E-state index >= 15 is 0 Å². The number of benzene rings is 1. The van der Waals surface area contributed by atoms with Crippen LogP contribution < -0.4 is 0 Å². The number of para-hydroxylation sites is 1. The number of fused-ring (bicyclic) bond motifs is 1. The van der Waals surface area contributed by atoms with Gasteiger partial charge in [-0.05, 0) is 30.7 Å². The first kappa shape index (κ1) is 17.6. The van der Waals surface area contributed by atoms with Crippen molar-refractivity contribution in [1.29, 1.82) is 0 Å². The van der Waals surface area contributed by atoms with Gasteiger partial charge in [0, 0.05) is 49.2 Å². The van der Waals surface area contributed by atoms with Gasteiger partial charge >= 0.3 is 0 Å². The van der Waals surface area contributed by atoms with Crippen molar-refractivity contribution in [1.82, 2.24) is 14.2 Å². The van der Waals surface area contributed by atoms with Gasteiger partial charge in [-0.2, -0.15) is 4.31 Å². The molecule has 0 bridgehead atoms. The van der Waals surface area contributed by atoms with E-state index in [-0.39, 0.29) is 0 Å². The number of sulfonamides is 1. The summed E-state index contributed by atoms with van der Waals surface area (Å²) in [4.78, 5) is 7.83. The third-order valence-corrected chi connectivity index (χ3v) is 8.12. The maximum absolute atomic E-state index is 12.7. The highest BCUT2D eigenvalue weighted by Crippen LogP contribution is 2.25. The first-order valence-corrected chi connectivity index (χ1v) is 10.9. The Morgan fingerprint density at radius 1 is 1.04 bits per heavy atom. The summed E-state index contributed by atoms with van der Waals surface area (Å²) >= 11 is 1.34. The minimum absolute atomic E-state index is 0.446. The van der Waals surface area contributed by atoms with Crippen LogP contribution in [-0.4, -0.2) is 48.8 Å².